The van der Waals surface area contributed by atoms with E-state index >= 15 is 0 Å². The molecule has 0 unspecified atom stereocenters. The summed E-state index contributed by atoms with van der Waals surface area (Å²) in [6, 6.07) is 5.52. The standard InChI is InChI=1S/C21H29N5O4S/c1-16-13-20(17(2)12-19(16)29-3)31(27,28)26-6-4-24(5-7-26)18-14-21(23-22-15-18)25-8-10-30-11-9-25/h12-15H,4-11H2,1-3H3. The van der Waals surface area contributed by atoms with Gasteiger partial charge in [-0.25, -0.2) is 8.42 Å². The maximum Gasteiger partial charge on any atom is 0.243 e. The zero-order valence-electron chi connectivity index (χ0n) is 18.2. The first-order valence-corrected chi connectivity index (χ1v) is 11.9. The van der Waals surface area contributed by atoms with E-state index in [2.05, 4.69) is 20.0 Å². The fourth-order valence-corrected chi connectivity index (χ4v) is 5.77. The topological polar surface area (TPSA) is 88.1 Å². The van der Waals surface area contributed by atoms with Crippen molar-refractivity contribution in [2.75, 3.05) is 69.4 Å². The predicted octanol–water partition coefficient (Wildman–Crippen LogP) is 1.45. The molecule has 0 spiro atoms. The van der Waals surface area contributed by atoms with Gasteiger partial charge in [0.25, 0.3) is 0 Å². The van der Waals surface area contributed by atoms with Gasteiger partial charge in [0.15, 0.2) is 5.82 Å². The van der Waals surface area contributed by atoms with E-state index in [4.69, 9.17) is 9.47 Å². The Morgan fingerprint density at radius 2 is 1.65 bits per heavy atom. The molecule has 0 amide bonds. The average Bonchev–Trinajstić information content (AvgIpc) is 2.81. The Kier molecular flexibility index (Phi) is 6.31. The molecule has 9 nitrogen and oxygen atoms in total. The Morgan fingerprint density at radius 3 is 2.32 bits per heavy atom. The number of benzene rings is 1. The molecule has 2 fully saturated rings. The van der Waals surface area contributed by atoms with Crippen LogP contribution in [0.1, 0.15) is 11.1 Å². The summed E-state index contributed by atoms with van der Waals surface area (Å²) in [6.45, 7) is 8.67. The third kappa shape index (κ3) is 4.46. The third-order valence-corrected chi connectivity index (χ3v) is 7.92. The molecule has 0 atom stereocenters. The Hall–Kier alpha value is -2.43. The molecule has 0 saturated carbocycles. The first-order valence-electron chi connectivity index (χ1n) is 10.5. The molecule has 0 aliphatic carbocycles. The molecule has 1 aromatic carbocycles. The fraction of sp³-hybridized carbons (Fsp3) is 0.524. The van der Waals surface area contributed by atoms with Gasteiger partial charge in [0.2, 0.25) is 10.0 Å². The lowest BCUT2D eigenvalue weighted by Gasteiger charge is -2.36. The molecule has 3 heterocycles. The first kappa shape index (κ1) is 21.8. The van der Waals surface area contributed by atoms with E-state index in [0.29, 0.717) is 55.6 Å². The molecule has 2 aliphatic rings. The van der Waals surface area contributed by atoms with Gasteiger partial charge in [0.05, 0.1) is 37.1 Å². The highest BCUT2D eigenvalue weighted by atomic mass is 32.2. The highest BCUT2D eigenvalue weighted by molar-refractivity contribution is 7.89. The van der Waals surface area contributed by atoms with Crippen LogP contribution < -0.4 is 14.5 Å². The molecular formula is C21H29N5O4S. The molecule has 1 aromatic heterocycles. The largest absolute Gasteiger partial charge is 0.496 e. The monoisotopic (exact) mass is 447 g/mol. The van der Waals surface area contributed by atoms with Gasteiger partial charge in [-0.05, 0) is 37.1 Å². The number of aromatic nitrogens is 2. The van der Waals surface area contributed by atoms with Gasteiger partial charge >= 0.3 is 0 Å². The second kappa shape index (κ2) is 8.97. The maximum atomic E-state index is 13.3. The van der Waals surface area contributed by atoms with E-state index in [0.717, 1.165) is 30.2 Å². The van der Waals surface area contributed by atoms with Crippen LogP contribution in [0.4, 0.5) is 11.5 Å². The molecule has 168 valence electrons. The van der Waals surface area contributed by atoms with Gasteiger partial charge in [-0.1, -0.05) is 0 Å². The number of methoxy groups -OCH3 is 1. The van der Waals surface area contributed by atoms with Crippen LogP contribution in [0.2, 0.25) is 0 Å². The molecule has 2 aromatic rings. The van der Waals surface area contributed by atoms with Gasteiger partial charge < -0.3 is 19.3 Å². The Balaban J connectivity index is 1.47. The van der Waals surface area contributed by atoms with E-state index in [1.54, 1.807) is 36.7 Å². The van der Waals surface area contributed by atoms with E-state index in [-0.39, 0.29) is 0 Å². The molecule has 10 heteroatoms. The van der Waals surface area contributed by atoms with Gasteiger partial charge in [-0.3, -0.25) is 0 Å². The lowest BCUT2D eigenvalue weighted by molar-refractivity contribution is 0.122. The Morgan fingerprint density at radius 1 is 0.935 bits per heavy atom. The van der Waals surface area contributed by atoms with E-state index in [1.165, 1.54) is 0 Å². The van der Waals surface area contributed by atoms with Crippen LogP contribution in [0.25, 0.3) is 0 Å². The number of nitrogens with zero attached hydrogens (tertiary/aromatic N) is 5. The summed E-state index contributed by atoms with van der Waals surface area (Å²) >= 11 is 0. The summed E-state index contributed by atoms with van der Waals surface area (Å²) < 4.78 is 38.9. The van der Waals surface area contributed by atoms with Crippen molar-refractivity contribution in [1.29, 1.82) is 0 Å². The summed E-state index contributed by atoms with van der Waals surface area (Å²) in [7, 11) is -1.98. The quantitative estimate of drug-likeness (QED) is 0.681. The molecule has 0 radical (unpaired) electrons. The number of rotatable bonds is 5. The minimum Gasteiger partial charge on any atom is -0.496 e. The van der Waals surface area contributed by atoms with Crippen molar-refractivity contribution in [1.82, 2.24) is 14.5 Å². The van der Waals surface area contributed by atoms with Crippen LogP contribution in [-0.2, 0) is 14.8 Å². The zero-order valence-corrected chi connectivity index (χ0v) is 19.1. The molecule has 0 bridgehead atoms. The number of ether oxygens (including phenoxy) is 2. The molecule has 2 aliphatic heterocycles. The lowest BCUT2D eigenvalue weighted by Crippen LogP contribution is -2.49. The van der Waals surface area contributed by atoms with Crippen molar-refractivity contribution in [2.24, 2.45) is 0 Å². The smallest absolute Gasteiger partial charge is 0.243 e. The number of morpholine rings is 1. The van der Waals surface area contributed by atoms with Crippen molar-refractivity contribution < 1.29 is 17.9 Å². The van der Waals surface area contributed by atoms with Crippen molar-refractivity contribution >= 4 is 21.5 Å². The number of aryl methyl sites for hydroxylation is 2. The lowest BCUT2D eigenvalue weighted by atomic mass is 10.1. The summed E-state index contributed by atoms with van der Waals surface area (Å²) in [4.78, 5) is 4.67. The second-order valence-electron chi connectivity index (χ2n) is 7.85. The van der Waals surface area contributed by atoms with Gasteiger partial charge in [-0.15, -0.1) is 5.10 Å². The summed E-state index contributed by atoms with van der Waals surface area (Å²) in [6.07, 6.45) is 1.74. The van der Waals surface area contributed by atoms with Gasteiger partial charge in [0, 0.05) is 45.3 Å². The van der Waals surface area contributed by atoms with Gasteiger partial charge in [0.1, 0.15) is 5.75 Å². The second-order valence-corrected chi connectivity index (χ2v) is 9.76. The van der Waals surface area contributed by atoms with Crippen LogP contribution in [0.3, 0.4) is 0 Å². The summed E-state index contributed by atoms with van der Waals surface area (Å²) in [5.74, 6) is 1.53. The number of hydrogen-bond donors (Lipinski definition) is 0. The van der Waals surface area contributed by atoms with Crippen molar-refractivity contribution in [3.05, 3.63) is 35.5 Å². The summed E-state index contributed by atoms with van der Waals surface area (Å²) in [5, 5.41) is 8.43. The van der Waals surface area contributed by atoms with Crippen LogP contribution in [0.5, 0.6) is 5.75 Å². The number of piperazine rings is 1. The third-order valence-electron chi connectivity index (χ3n) is 5.88. The zero-order chi connectivity index (χ0) is 22.0. The highest BCUT2D eigenvalue weighted by Crippen LogP contribution is 2.29. The van der Waals surface area contributed by atoms with Crippen LogP contribution >= 0.6 is 0 Å². The Bertz CT molecular complexity index is 1030. The fourth-order valence-electron chi connectivity index (χ4n) is 4.05. The van der Waals surface area contributed by atoms with E-state index < -0.39 is 10.0 Å². The highest BCUT2D eigenvalue weighted by Gasteiger charge is 2.30. The Labute approximate surface area is 183 Å². The normalized spacial score (nSPS) is 18.3. The molecule has 0 N–H and O–H groups in total. The first-order chi connectivity index (χ1) is 14.9. The van der Waals surface area contributed by atoms with Crippen molar-refractivity contribution in [2.45, 2.75) is 18.7 Å². The van der Waals surface area contributed by atoms with Crippen LogP contribution in [0.15, 0.2) is 29.3 Å². The van der Waals surface area contributed by atoms with Crippen molar-refractivity contribution in [3.8, 4) is 5.75 Å². The summed E-state index contributed by atoms with van der Waals surface area (Å²) in [5.41, 5.74) is 2.46. The van der Waals surface area contributed by atoms with Crippen molar-refractivity contribution in [3.63, 3.8) is 0 Å². The molecule has 31 heavy (non-hydrogen) atoms. The van der Waals surface area contributed by atoms with E-state index in [1.807, 2.05) is 13.0 Å². The SMILES string of the molecule is COc1cc(C)c(S(=O)(=O)N2CCN(c3cnnc(N4CCOCC4)c3)CC2)cc1C. The van der Waals surface area contributed by atoms with Gasteiger partial charge in [-0.2, -0.15) is 9.40 Å². The van der Waals surface area contributed by atoms with Crippen LogP contribution in [0, 0.1) is 13.8 Å². The minimum atomic E-state index is -3.57. The van der Waals surface area contributed by atoms with Crippen LogP contribution in [-0.4, -0.2) is 82.5 Å². The molecule has 2 saturated heterocycles. The molecule has 4 rings (SSSR count). The average molecular weight is 448 g/mol. The number of anilines is 2. The molecular weight excluding hydrogens is 418 g/mol. The number of hydrogen-bond acceptors (Lipinski definition) is 8. The maximum absolute atomic E-state index is 13.3. The predicted molar refractivity (Wildman–Crippen MR) is 119 cm³/mol. The number of sulfonamides is 1. The minimum absolute atomic E-state index is 0.347. The van der Waals surface area contributed by atoms with E-state index in [9.17, 15) is 8.42 Å².